The third-order valence-corrected chi connectivity index (χ3v) is 4.76. The third-order valence-electron chi connectivity index (χ3n) is 3.93. The van der Waals surface area contributed by atoms with E-state index in [4.69, 9.17) is 0 Å². The standard InChI is InChI=1S/C16H21N3OS/c1-4-21-14-7-6-12(11-18-14)15(20)19-9-5-8-16(2,3)13(19)10-17/h6-7,11,13H,4-5,8-9H2,1-3H3. The summed E-state index contributed by atoms with van der Waals surface area (Å²) in [6, 6.07) is 5.62. The molecule has 1 atom stereocenters. The first-order valence-corrected chi connectivity index (χ1v) is 8.27. The van der Waals surface area contributed by atoms with Crippen molar-refractivity contribution in [3.8, 4) is 6.07 Å². The number of rotatable bonds is 3. The minimum atomic E-state index is -0.372. The molecule has 21 heavy (non-hydrogen) atoms. The smallest absolute Gasteiger partial charge is 0.256 e. The molecule has 1 aromatic heterocycles. The Hall–Kier alpha value is -1.54. The summed E-state index contributed by atoms with van der Waals surface area (Å²) in [5.41, 5.74) is 0.405. The Labute approximate surface area is 130 Å². The van der Waals surface area contributed by atoms with Crippen LogP contribution in [0, 0.1) is 16.7 Å². The topological polar surface area (TPSA) is 57.0 Å². The van der Waals surface area contributed by atoms with Gasteiger partial charge in [-0.25, -0.2) is 4.98 Å². The lowest BCUT2D eigenvalue weighted by atomic mass is 9.77. The van der Waals surface area contributed by atoms with Gasteiger partial charge in [0.25, 0.3) is 5.91 Å². The predicted octanol–water partition coefficient (Wildman–Crippen LogP) is 3.35. The lowest BCUT2D eigenvalue weighted by Gasteiger charge is -2.42. The van der Waals surface area contributed by atoms with E-state index in [1.165, 1.54) is 0 Å². The number of likely N-dealkylation sites (tertiary alicyclic amines) is 1. The molecule has 2 heterocycles. The van der Waals surface area contributed by atoms with Crippen molar-refractivity contribution in [2.24, 2.45) is 5.41 Å². The van der Waals surface area contributed by atoms with Gasteiger partial charge in [-0.15, -0.1) is 11.8 Å². The fraction of sp³-hybridized carbons (Fsp3) is 0.562. The van der Waals surface area contributed by atoms with E-state index in [9.17, 15) is 10.1 Å². The first-order chi connectivity index (χ1) is 9.99. The minimum Gasteiger partial charge on any atom is -0.322 e. The van der Waals surface area contributed by atoms with Gasteiger partial charge in [-0.1, -0.05) is 20.8 Å². The third kappa shape index (κ3) is 3.38. The van der Waals surface area contributed by atoms with Crippen molar-refractivity contribution < 1.29 is 4.79 Å². The average Bonchev–Trinajstić information content (AvgIpc) is 2.46. The van der Waals surface area contributed by atoms with Gasteiger partial charge in [0.15, 0.2) is 0 Å². The summed E-state index contributed by atoms with van der Waals surface area (Å²) in [6.07, 6.45) is 3.53. The zero-order chi connectivity index (χ0) is 15.5. The number of hydrogen-bond donors (Lipinski definition) is 0. The summed E-state index contributed by atoms with van der Waals surface area (Å²) in [4.78, 5) is 18.7. The molecule has 1 saturated heterocycles. The van der Waals surface area contributed by atoms with E-state index < -0.39 is 0 Å². The molecule has 0 aromatic carbocycles. The Bertz CT molecular complexity index is 548. The van der Waals surface area contributed by atoms with Crippen LogP contribution in [0.2, 0.25) is 0 Å². The Morgan fingerprint density at radius 2 is 2.33 bits per heavy atom. The van der Waals surface area contributed by atoms with E-state index in [2.05, 4.69) is 31.8 Å². The largest absolute Gasteiger partial charge is 0.322 e. The highest BCUT2D eigenvalue weighted by atomic mass is 32.2. The van der Waals surface area contributed by atoms with E-state index in [0.717, 1.165) is 23.6 Å². The Morgan fingerprint density at radius 1 is 1.57 bits per heavy atom. The molecule has 1 unspecified atom stereocenters. The molecule has 1 aliphatic heterocycles. The quantitative estimate of drug-likeness (QED) is 0.804. The van der Waals surface area contributed by atoms with Crippen LogP contribution < -0.4 is 0 Å². The van der Waals surface area contributed by atoms with Gasteiger partial charge < -0.3 is 4.90 Å². The van der Waals surface area contributed by atoms with Gasteiger partial charge >= 0.3 is 0 Å². The van der Waals surface area contributed by atoms with Crippen LogP contribution in [0.15, 0.2) is 23.4 Å². The number of piperidine rings is 1. The molecule has 2 rings (SSSR count). The molecule has 1 aromatic rings. The van der Waals surface area contributed by atoms with Crippen LogP contribution in [0.3, 0.4) is 0 Å². The average molecular weight is 303 g/mol. The first kappa shape index (κ1) is 15.8. The van der Waals surface area contributed by atoms with Crippen LogP contribution in [-0.4, -0.2) is 34.1 Å². The lowest BCUT2D eigenvalue weighted by molar-refractivity contribution is 0.0437. The van der Waals surface area contributed by atoms with Crippen molar-refractivity contribution in [3.63, 3.8) is 0 Å². The van der Waals surface area contributed by atoms with Gasteiger partial charge in [-0.05, 0) is 36.1 Å². The van der Waals surface area contributed by atoms with Crippen molar-refractivity contribution in [2.75, 3.05) is 12.3 Å². The van der Waals surface area contributed by atoms with E-state index >= 15 is 0 Å². The molecule has 0 spiro atoms. The number of thioether (sulfide) groups is 1. The fourth-order valence-electron chi connectivity index (χ4n) is 2.76. The second kappa shape index (κ2) is 6.48. The Kier molecular flexibility index (Phi) is 4.89. The van der Waals surface area contributed by atoms with Crippen LogP contribution in [0.4, 0.5) is 0 Å². The predicted molar refractivity (Wildman–Crippen MR) is 84.1 cm³/mol. The van der Waals surface area contributed by atoms with Crippen molar-refractivity contribution >= 4 is 17.7 Å². The molecule has 112 valence electrons. The number of carbonyl (C=O) groups excluding carboxylic acids is 1. The zero-order valence-corrected chi connectivity index (χ0v) is 13.6. The molecule has 0 aliphatic carbocycles. The molecule has 0 radical (unpaired) electrons. The van der Waals surface area contributed by atoms with Crippen LogP contribution in [0.1, 0.15) is 44.0 Å². The van der Waals surface area contributed by atoms with Gasteiger partial charge in [0.2, 0.25) is 0 Å². The molecule has 0 bridgehead atoms. The van der Waals surface area contributed by atoms with Crippen LogP contribution in [0.25, 0.3) is 0 Å². The summed E-state index contributed by atoms with van der Waals surface area (Å²) < 4.78 is 0. The van der Waals surface area contributed by atoms with Gasteiger partial charge in [0, 0.05) is 12.7 Å². The summed E-state index contributed by atoms with van der Waals surface area (Å²) in [6.45, 7) is 6.82. The number of amides is 1. The number of pyridine rings is 1. The van der Waals surface area contributed by atoms with Crippen molar-refractivity contribution in [1.82, 2.24) is 9.88 Å². The van der Waals surface area contributed by atoms with E-state index in [1.807, 2.05) is 12.1 Å². The van der Waals surface area contributed by atoms with E-state index in [1.54, 1.807) is 22.9 Å². The molecule has 5 heteroatoms. The maximum atomic E-state index is 12.7. The molecular weight excluding hydrogens is 282 g/mol. The highest BCUT2D eigenvalue weighted by molar-refractivity contribution is 7.99. The lowest BCUT2D eigenvalue weighted by Crippen LogP contribution is -2.51. The Morgan fingerprint density at radius 3 is 2.90 bits per heavy atom. The second-order valence-electron chi connectivity index (χ2n) is 5.94. The highest BCUT2D eigenvalue weighted by Gasteiger charge is 2.40. The number of aromatic nitrogens is 1. The molecular formula is C16H21N3OS. The number of nitrogens with zero attached hydrogens (tertiary/aromatic N) is 3. The maximum Gasteiger partial charge on any atom is 0.256 e. The number of carbonyl (C=O) groups is 1. The molecule has 0 N–H and O–H groups in total. The summed E-state index contributed by atoms with van der Waals surface area (Å²) in [5.74, 6) is 0.867. The monoisotopic (exact) mass is 303 g/mol. The summed E-state index contributed by atoms with van der Waals surface area (Å²) in [5, 5.41) is 10.4. The van der Waals surface area contributed by atoms with E-state index in [0.29, 0.717) is 12.1 Å². The fourth-order valence-corrected chi connectivity index (χ4v) is 3.35. The van der Waals surface area contributed by atoms with Gasteiger partial charge in [-0.3, -0.25) is 4.79 Å². The summed E-state index contributed by atoms with van der Waals surface area (Å²) >= 11 is 1.65. The normalized spacial score (nSPS) is 20.9. The highest BCUT2D eigenvalue weighted by Crippen LogP contribution is 2.35. The summed E-state index contributed by atoms with van der Waals surface area (Å²) in [7, 11) is 0. The van der Waals surface area contributed by atoms with Gasteiger partial charge in [0.1, 0.15) is 6.04 Å². The SMILES string of the molecule is CCSc1ccc(C(=O)N2CCCC(C)(C)C2C#N)cn1. The first-order valence-electron chi connectivity index (χ1n) is 7.29. The second-order valence-corrected chi connectivity index (χ2v) is 7.22. The van der Waals surface area contributed by atoms with Gasteiger partial charge in [0.05, 0.1) is 16.7 Å². The van der Waals surface area contributed by atoms with Crippen molar-refractivity contribution in [2.45, 2.75) is 44.7 Å². The van der Waals surface area contributed by atoms with Crippen molar-refractivity contribution in [1.29, 1.82) is 5.26 Å². The molecule has 0 saturated carbocycles. The number of hydrogen-bond acceptors (Lipinski definition) is 4. The van der Waals surface area contributed by atoms with Crippen molar-refractivity contribution in [3.05, 3.63) is 23.9 Å². The molecule has 4 nitrogen and oxygen atoms in total. The van der Waals surface area contributed by atoms with Crippen LogP contribution >= 0.6 is 11.8 Å². The molecule has 1 aliphatic rings. The molecule has 1 amide bonds. The van der Waals surface area contributed by atoms with Crippen LogP contribution in [-0.2, 0) is 0 Å². The minimum absolute atomic E-state index is 0.0881. The zero-order valence-electron chi connectivity index (χ0n) is 12.8. The number of nitriles is 1. The Balaban J connectivity index is 2.20. The van der Waals surface area contributed by atoms with E-state index in [-0.39, 0.29) is 17.4 Å². The molecule has 1 fully saturated rings. The van der Waals surface area contributed by atoms with Crippen LogP contribution in [0.5, 0.6) is 0 Å². The van der Waals surface area contributed by atoms with Gasteiger partial charge in [-0.2, -0.15) is 5.26 Å². The maximum absolute atomic E-state index is 12.7.